The Bertz CT molecular complexity index is 336. The summed E-state index contributed by atoms with van der Waals surface area (Å²) < 4.78 is 0. The molecule has 114 valence electrons. The van der Waals surface area contributed by atoms with E-state index in [-0.39, 0.29) is 0 Å². The van der Waals surface area contributed by atoms with Crippen LogP contribution in [-0.4, -0.2) is 19.0 Å². The van der Waals surface area contributed by atoms with Crippen molar-refractivity contribution in [3.05, 3.63) is 0 Å². The minimum Gasteiger partial charge on any atom is -0.356 e. The second kappa shape index (κ2) is 6.46. The summed E-state index contributed by atoms with van der Waals surface area (Å²) >= 11 is 0. The number of fused-ring (bicyclic) bond motifs is 2. The van der Waals surface area contributed by atoms with Crippen molar-refractivity contribution in [3.63, 3.8) is 0 Å². The van der Waals surface area contributed by atoms with E-state index in [0.717, 1.165) is 37.3 Å². The molecule has 3 rings (SSSR count). The van der Waals surface area contributed by atoms with Gasteiger partial charge in [-0.3, -0.25) is 4.79 Å². The number of amides is 1. The van der Waals surface area contributed by atoms with Crippen molar-refractivity contribution in [3.8, 4) is 0 Å². The first kappa shape index (κ1) is 14.4. The third-order valence-electron chi connectivity index (χ3n) is 6.22. The molecule has 3 nitrogen and oxygen atoms in total. The maximum atomic E-state index is 12.1. The zero-order chi connectivity index (χ0) is 13.9. The third-order valence-corrected chi connectivity index (χ3v) is 6.22. The molecule has 2 bridgehead atoms. The van der Waals surface area contributed by atoms with E-state index in [2.05, 4.69) is 5.32 Å². The smallest absolute Gasteiger partial charge is 0.220 e. The lowest BCUT2D eigenvalue weighted by atomic mass is 9.80. The van der Waals surface area contributed by atoms with E-state index in [1.165, 1.54) is 51.4 Å². The number of rotatable bonds is 5. The first-order chi connectivity index (χ1) is 9.74. The number of nitrogens with one attached hydrogen (secondary N) is 1. The first-order valence-electron chi connectivity index (χ1n) is 8.71. The fourth-order valence-corrected chi connectivity index (χ4v) is 4.88. The van der Waals surface area contributed by atoms with Gasteiger partial charge in [0.05, 0.1) is 0 Å². The Labute approximate surface area is 123 Å². The van der Waals surface area contributed by atoms with Gasteiger partial charge < -0.3 is 11.1 Å². The van der Waals surface area contributed by atoms with Gasteiger partial charge in [-0.15, -0.1) is 0 Å². The lowest BCUT2D eigenvalue weighted by Gasteiger charge is -2.27. The van der Waals surface area contributed by atoms with Crippen LogP contribution in [0.2, 0.25) is 0 Å². The number of nitrogens with two attached hydrogens (primary N) is 1. The molecule has 3 unspecified atom stereocenters. The van der Waals surface area contributed by atoms with Crippen LogP contribution in [0.5, 0.6) is 0 Å². The van der Waals surface area contributed by atoms with Gasteiger partial charge in [0.2, 0.25) is 5.91 Å². The number of hydrogen-bond acceptors (Lipinski definition) is 2. The van der Waals surface area contributed by atoms with Gasteiger partial charge in [-0.1, -0.05) is 6.42 Å². The van der Waals surface area contributed by atoms with Crippen molar-refractivity contribution in [2.75, 3.05) is 13.1 Å². The van der Waals surface area contributed by atoms with Crippen molar-refractivity contribution < 1.29 is 4.79 Å². The Morgan fingerprint density at radius 2 is 1.75 bits per heavy atom. The van der Waals surface area contributed by atoms with Crippen LogP contribution in [0.3, 0.4) is 0 Å². The van der Waals surface area contributed by atoms with Crippen LogP contribution in [0.4, 0.5) is 0 Å². The summed E-state index contributed by atoms with van der Waals surface area (Å²) in [5.41, 5.74) is 5.72. The van der Waals surface area contributed by atoms with Crippen molar-refractivity contribution >= 4 is 5.91 Å². The summed E-state index contributed by atoms with van der Waals surface area (Å²) in [4.78, 5) is 12.1. The summed E-state index contributed by atoms with van der Waals surface area (Å²) in [6.45, 7) is 1.77. The molecule has 3 N–H and O–H groups in total. The van der Waals surface area contributed by atoms with E-state index in [1.54, 1.807) is 0 Å². The molecule has 3 saturated carbocycles. The molecule has 3 atom stereocenters. The minimum atomic E-state index is 0.295. The Hall–Kier alpha value is -0.570. The molecule has 0 heterocycles. The predicted molar refractivity (Wildman–Crippen MR) is 81.1 cm³/mol. The van der Waals surface area contributed by atoms with Gasteiger partial charge >= 0.3 is 0 Å². The standard InChI is InChI=1S/C17H30N2O/c18-10-13-3-1-12(2-4-13)9-17(20)19-11-16-8-14-5-6-15(16)7-14/h12-16H,1-11,18H2,(H,19,20). The maximum Gasteiger partial charge on any atom is 0.220 e. The lowest BCUT2D eigenvalue weighted by Crippen LogP contribution is -2.33. The molecular weight excluding hydrogens is 248 g/mol. The number of carbonyl (C=O) groups excluding carboxylic acids is 1. The molecule has 3 aliphatic rings. The molecule has 0 spiro atoms. The number of hydrogen-bond donors (Lipinski definition) is 2. The second-order valence-electron chi connectivity index (χ2n) is 7.57. The highest BCUT2D eigenvalue weighted by atomic mass is 16.1. The van der Waals surface area contributed by atoms with Crippen LogP contribution in [-0.2, 0) is 4.79 Å². The van der Waals surface area contributed by atoms with Gasteiger partial charge in [-0.25, -0.2) is 0 Å². The zero-order valence-electron chi connectivity index (χ0n) is 12.7. The van der Waals surface area contributed by atoms with Crippen molar-refractivity contribution in [2.45, 2.75) is 57.8 Å². The Morgan fingerprint density at radius 1 is 1.00 bits per heavy atom. The van der Waals surface area contributed by atoms with Crippen LogP contribution < -0.4 is 11.1 Å². The molecule has 3 fully saturated rings. The highest BCUT2D eigenvalue weighted by Crippen LogP contribution is 2.47. The van der Waals surface area contributed by atoms with E-state index < -0.39 is 0 Å². The van der Waals surface area contributed by atoms with E-state index in [0.29, 0.717) is 17.7 Å². The Kier molecular flexibility index (Phi) is 4.65. The topological polar surface area (TPSA) is 55.1 Å². The Morgan fingerprint density at radius 3 is 2.35 bits per heavy atom. The van der Waals surface area contributed by atoms with E-state index in [9.17, 15) is 4.79 Å². The molecule has 0 aliphatic heterocycles. The fourth-order valence-electron chi connectivity index (χ4n) is 4.88. The van der Waals surface area contributed by atoms with Crippen molar-refractivity contribution in [1.82, 2.24) is 5.32 Å². The van der Waals surface area contributed by atoms with Crippen LogP contribution in [0, 0.1) is 29.6 Å². The Balaban J connectivity index is 1.33. The van der Waals surface area contributed by atoms with Crippen LogP contribution in [0.1, 0.15) is 57.8 Å². The maximum absolute atomic E-state index is 12.1. The second-order valence-corrected chi connectivity index (χ2v) is 7.57. The molecule has 0 aromatic carbocycles. The average molecular weight is 278 g/mol. The molecule has 0 aromatic heterocycles. The van der Waals surface area contributed by atoms with Gasteiger partial charge in [0.1, 0.15) is 0 Å². The predicted octanol–water partition coefficient (Wildman–Crippen LogP) is 2.69. The molecule has 1 amide bonds. The van der Waals surface area contributed by atoms with Gasteiger partial charge in [0.25, 0.3) is 0 Å². The summed E-state index contributed by atoms with van der Waals surface area (Å²) in [7, 11) is 0. The summed E-state index contributed by atoms with van der Waals surface area (Å²) in [5, 5.41) is 3.22. The molecule has 0 saturated heterocycles. The lowest BCUT2D eigenvalue weighted by molar-refractivity contribution is -0.122. The van der Waals surface area contributed by atoms with Gasteiger partial charge in [-0.2, -0.15) is 0 Å². The van der Waals surface area contributed by atoms with Gasteiger partial charge in [0.15, 0.2) is 0 Å². The summed E-state index contributed by atoms with van der Waals surface area (Å²) in [5.74, 6) is 4.30. The number of carbonyl (C=O) groups is 1. The molecular formula is C17H30N2O. The molecule has 3 heteroatoms. The SMILES string of the molecule is NCC1CCC(CC(=O)NCC2CC3CCC2C3)CC1. The third kappa shape index (κ3) is 3.36. The van der Waals surface area contributed by atoms with E-state index >= 15 is 0 Å². The largest absolute Gasteiger partial charge is 0.356 e. The molecule has 0 aromatic rings. The van der Waals surface area contributed by atoms with Crippen LogP contribution in [0.15, 0.2) is 0 Å². The highest BCUT2D eigenvalue weighted by molar-refractivity contribution is 5.76. The zero-order valence-corrected chi connectivity index (χ0v) is 12.7. The van der Waals surface area contributed by atoms with Gasteiger partial charge in [-0.05, 0) is 81.1 Å². The van der Waals surface area contributed by atoms with Crippen LogP contribution in [0.25, 0.3) is 0 Å². The fraction of sp³-hybridized carbons (Fsp3) is 0.941. The van der Waals surface area contributed by atoms with Crippen molar-refractivity contribution in [2.24, 2.45) is 35.3 Å². The molecule has 20 heavy (non-hydrogen) atoms. The minimum absolute atomic E-state index is 0.295. The normalized spacial score (nSPS) is 40.0. The molecule has 3 aliphatic carbocycles. The van der Waals surface area contributed by atoms with E-state index in [4.69, 9.17) is 5.73 Å². The van der Waals surface area contributed by atoms with Gasteiger partial charge in [0, 0.05) is 13.0 Å². The van der Waals surface area contributed by atoms with E-state index in [1.807, 2.05) is 0 Å². The monoisotopic (exact) mass is 278 g/mol. The molecule has 0 radical (unpaired) electrons. The highest BCUT2D eigenvalue weighted by Gasteiger charge is 2.39. The first-order valence-corrected chi connectivity index (χ1v) is 8.71. The summed E-state index contributed by atoms with van der Waals surface area (Å²) in [6, 6.07) is 0. The van der Waals surface area contributed by atoms with Crippen LogP contribution >= 0.6 is 0 Å². The van der Waals surface area contributed by atoms with Crippen molar-refractivity contribution in [1.29, 1.82) is 0 Å². The average Bonchev–Trinajstić information content (AvgIpc) is 3.08. The quantitative estimate of drug-likeness (QED) is 0.812. The summed E-state index contributed by atoms with van der Waals surface area (Å²) in [6.07, 6.45) is 11.2.